The zero-order valence-corrected chi connectivity index (χ0v) is 16.8. The van der Waals surface area contributed by atoms with Crippen LogP contribution in [0.2, 0.25) is 0 Å². The van der Waals surface area contributed by atoms with Gasteiger partial charge in [0.15, 0.2) is 9.84 Å². The summed E-state index contributed by atoms with van der Waals surface area (Å²) in [6.07, 6.45) is 0.816. The van der Waals surface area contributed by atoms with Crippen molar-refractivity contribution in [2.24, 2.45) is 0 Å². The number of nitrogens with one attached hydrogen (secondary N) is 2. The van der Waals surface area contributed by atoms with Gasteiger partial charge >= 0.3 is 0 Å². The molecule has 1 aromatic heterocycles. The minimum absolute atomic E-state index is 0.131. The molecule has 6 nitrogen and oxygen atoms in total. The maximum atomic E-state index is 12.3. The fourth-order valence-corrected chi connectivity index (χ4v) is 4.64. The number of carbonyl (C=O) groups excluding carboxylic acids is 1. The molecule has 142 valence electrons. The van der Waals surface area contributed by atoms with E-state index in [9.17, 15) is 13.2 Å². The van der Waals surface area contributed by atoms with Crippen LogP contribution in [-0.2, 0) is 21.1 Å². The van der Waals surface area contributed by atoms with E-state index in [-0.39, 0.29) is 17.1 Å². The zero-order valence-electron chi connectivity index (χ0n) is 15.2. The number of benzene rings is 2. The molecular weight excluding hydrogens is 382 g/mol. The van der Waals surface area contributed by atoms with E-state index in [1.807, 2.05) is 19.1 Å². The number of hydrazine groups is 1. The molecule has 0 saturated carbocycles. The highest BCUT2D eigenvalue weighted by Gasteiger charge is 2.16. The molecule has 0 fully saturated rings. The second-order valence-corrected chi connectivity index (χ2v) is 9.37. The van der Waals surface area contributed by atoms with Crippen LogP contribution in [-0.4, -0.2) is 25.1 Å². The number of thiazole rings is 1. The first-order valence-electron chi connectivity index (χ1n) is 8.61. The summed E-state index contributed by atoms with van der Waals surface area (Å²) in [6.45, 7) is 3.98. The van der Waals surface area contributed by atoms with Gasteiger partial charge in [0.1, 0.15) is 0 Å². The SMILES string of the molecule is CCc1ccc2nc(NNC(=O)CCS(=O)(=O)c3ccc(C)cc3)sc2c1. The van der Waals surface area contributed by atoms with E-state index in [4.69, 9.17) is 0 Å². The Hall–Kier alpha value is -2.45. The van der Waals surface area contributed by atoms with Gasteiger partial charge in [-0.2, -0.15) is 0 Å². The van der Waals surface area contributed by atoms with Crippen molar-refractivity contribution < 1.29 is 13.2 Å². The van der Waals surface area contributed by atoms with E-state index in [2.05, 4.69) is 28.8 Å². The lowest BCUT2D eigenvalue weighted by Gasteiger charge is -2.07. The topological polar surface area (TPSA) is 88.2 Å². The fraction of sp³-hybridized carbons (Fsp3) is 0.263. The lowest BCUT2D eigenvalue weighted by molar-refractivity contribution is -0.120. The van der Waals surface area contributed by atoms with E-state index in [0.29, 0.717) is 5.13 Å². The summed E-state index contributed by atoms with van der Waals surface area (Å²) < 4.78 is 25.6. The summed E-state index contributed by atoms with van der Waals surface area (Å²) >= 11 is 1.44. The molecule has 0 unspecified atom stereocenters. The summed E-state index contributed by atoms with van der Waals surface area (Å²) in [4.78, 5) is 16.6. The second-order valence-electron chi connectivity index (χ2n) is 6.23. The van der Waals surface area contributed by atoms with Gasteiger partial charge in [0.2, 0.25) is 11.0 Å². The van der Waals surface area contributed by atoms with Gasteiger partial charge in [0, 0.05) is 6.42 Å². The number of anilines is 1. The molecule has 0 saturated heterocycles. The van der Waals surface area contributed by atoms with E-state index in [1.165, 1.54) is 16.9 Å². The van der Waals surface area contributed by atoms with E-state index in [1.54, 1.807) is 24.3 Å². The van der Waals surface area contributed by atoms with Crippen LogP contribution in [0.5, 0.6) is 0 Å². The summed E-state index contributed by atoms with van der Waals surface area (Å²) in [7, 11) is -3.48. The van der Waals surface area contributed by atoms with Gasteiger partial charge in [-0.15, -0.1) is 0 Å². The van der Waals surface area contributed by atoms with Crippen molar-refractivity contribution in [2.45, 2.75) is 31.6 Å². The molecule has 0 aliphatic heterocycles. The predicted octanol–water partition coefficient (Wildman–Crippen LogP) is 3.47. The summed E-state index contributed by atoms with van der Waals surface area (Å²) in [5.74, 6) is -0.650. The van der Waals surface area contributed by atoms with Crippen molar-refractivity contribution in [2.75, 3.05) is 11.2 Å². The number of aromatic nitrogens is 1. The third kappa shape index (κ3) is 4.84. The van der Waals surface area contributed by atoms with Crippen molar-refractivity contribution in [1.82, 2.24) is 10.4 Å². The molecule has 0 radical (unpaired) electrons. The van der Waals surface area contributed by atoms with Crippen molar-refractivity contribution in [3.8, 4) is 0 Å². The molecule has 0 bridgehead atoms. The largest absolute Gasteiger partial charge is 0.273 e. The number of rotatable bonds is 7. The third-order valence-electron chi connectivity index (χ3n) is 4.15. The molecule has 0 spiro atoms. The monoisotopic (exact) mass is 403 g/mol. The van der Waals surface area contributed by atoms with E-state index >= 15 is 0 Å². The Morgan fingerprint density at radius 2 is 1.89 bits per heavy atom. The van der Waals surface area contributed by atoms with Crippen LogP contribution in [0.25, 0.3) is 10.2 Å². The number of fused-ring (bicyclic) bond motifs is 1. The highest BCUT2D eigenvalue weighted by molar-refractivity contribution is 7.91. The average Bonchev–Trinajstić information content (AvgIpc) is 3.07. The molecule has 0 aliphatic rings. The number of hydrogen-bond acceptors (Lipinski definition) is 6. The highest BCUT2D eigenvalue weighted by Crippen LogP contribution is 2.26. The molecule has 3 rings (SSSR count). The lowest BCUT2D eigenvalue weighted by Crippen LogP contribution is -2.30. The van der Waals surface area contributed by atoms with Crippen molar-refractivity contribution in [3.05, 3.63) is 53.6 Å². The number of hydrogen-bond donors (Lipinski definition) is 2. The van der Waals surface area contributed by atoms with Crippen LogP contribution in [0.15, 0.2) is 47.4 Å². The molecule has 3 aromatic rings. The zero-order chi connectivity index (χ0) is 19.4. The van der Waals surface area contributed by atoms with Crippen molar-refractivity contribution >= 4 is 42.4 Å². The van der Waals surface area contributed by atoms with Gasteiger partial charge in [0.05, 0.1) is 20.9 Å². The number of carbonyl (C=O) groups is 1. The lowest BCUT2D eigenvalue weighted by atomic mass is 10.2. The Morgan fingerprint density at radius 1 is 1.15 bits per heavy atom. The standard InChI is InChI=1S/C19H21N3O3S2/c1-3-14-6-9-16-17(12-14)26-19(20-16)22-21-18(23)10-11-27(24,25)15-7-4-13(2)5-8-15/h4-9,12H,3,10-11H2,1-2H3,(H,20,22)(H,21,23). The fourth-order valence-electron chi connectivity index (χ4n) is 2.52. The number of sulfone groups is 1. The minimum atomic E-state index is -3.48. The number of nitrogens with zero attached hydrogens (tertiary/aromatic N) is 1. The molecular formula is C19H21N3O3S2. The molecule has 8 heteroatoms. The molecule has 0 atom stereocenters. The molecule has 1 heterocycles. The van der Waals surface area contributed by atoms with Crippen LogP contribution >= 0.6 is 11.3 Å². The first-order valence-corrected chi connectivity index (χ1v) is 11.1. The predicted molar refractivity (Wildman–Crippen MR) is 109 cm³/mol. The average molecular weight is 404 g/mol. The van der Waals surface area contributed by atoms with E-state index in [0.717, 1.165) is 22.2 Å². The highest BCUT2D eigenvalue weighted by atomic mass is 32.2. The van der Waals surface area contributed by atoms with Crippen molar-refractivity contribution in [1.29, 1.82) is 0 Å². The molecule has 2 N–H and O–H groups in total. The maximum Gasteiger partial charge on any atom is 0.239 e. The Bertz CT molecular complexity index is 1060. The normalized spacial score (nSPS) is 11.5. The Morgan fingerprint density at radius 3 is 2.59 bits per heavy atom. The van der Waals surface area contributed by atoms with Gasteiger partial charge < -0.3 is 0 Å². The van der Waals surface area contributed by atoms with Crippen LogP contribution in [0.4, 0.5) is 5.13 Å². The Kier molecular flexibility index (Phi) is 5.76. The number of aryl methyl sites for hydroxylation is 2. The van der Waals surface area contributed by atoms with E-state index < -0.39 is 15.7 Å². The van der Waals surface area contributed by atoms with Crippen LogP contribution in [0.3, 0.4) is 0 Å². The van der Waals surface area contributed by atoms with Crippen LogP contribution in [0.1, 0.15) is 24.5 Å². The minimum Gasteiger partial charge on any atom is -0.273 e. The summed E-state index contributed by atoms with van der Waals surface area (Å²) in [5, 5.41) is 0.563. The van der Waals surface area contributed by atoms with Gasteiger partial charge in [-0.05, 0) is 43.2 Å². The van der Waals surface area contributed by atoms with Crippen LogP contribution in [0, 0.1) is 6.92 Å². The quantitative estimate of drug-likeness (QED) is 0.590. The Balaban J connectivity index is 1.56. The molecule has 2 aromatic carbocycles. The maximum absolute atomic E-state index is 12.3. The van der Waals surface area contributed by atoms with Gasteiger partial charge in [-0.25, -0.2) is 13.4 Å². The third-order valence-corrected chi connectivity index (χ3v) is 6.81. The van der Waals surface area contributed by atoms with Gasteiger partial charge in [0.25, 0.3) is 0 Å². The van der Waals surface area contributed by atoms with Crippen LogP contribution < -0.4 is 10.9 Å². The first kappa shape index (κ1) is 19.3. The van der Waals surface area contributed by atoms with Gasteiger partial charge in [-0.3, -0.25) is 15.6 Å². The molecule has 0 aliphatic carbocycles. The summed E-state index contributed by atoms with van der Waals surface area (Å²) in [5.41, 5.74) is 8.35. The molecule has 27 heavy (non-hydrogen) atoms. The van der Waals surface area contributed by atoms with Gasteiger partial charge in [-0.1, -0.05) is 42.0 Å². The first-order chi connectivity index (χ1) is 12.9. The van der Waals surface area contributed by atoms with Crippen molar-refractivity contribution in [3.63, 3.8) is 0 Å². The molecule has 1 amide bonds. The smallest absolute Gasteiger partial charge is 0.239 e. The Labute approximate surface area is 162 Å². The second kappa shape index (κ2) is 8.06. The summed E-state index contributed by atoms with van der Waals surface area (Å²) in [6, 6.07) is 12.7. The number of amides is 1.